The zero-order valence-electron chi connectivity index (χ0n) is 13.5. The molecule has 25 heavy (non-hydrogen) atoms. The van der Waals surface area contributed by atoms with Gasteiger partial charge in [-0.2, -0.15) is 0 Å². The fourth-order valence-electron chi connectivity index (χ4n) is 2.27. The Hall–Kier alpha value is -3.35. The Morgan fingerprint density at radius 1 is 1.24 bits per heavy atom. The Balaban J connectivity index is 2.00. The second kappa shape index (κ2) is 7.04. The van der Waals surface area contributed by atoms with Crippen LogP contribution in [0, 0.1) is 0 Å². The maximum atomic E-state index is 11.6. The normalized spacial score (nSPS) is 10.6. The van der Waals surface area contributed by atoms with Crippen LogP contribution in [0.2, 0.25) is 0 Å². The zero-order valence-corrected chi connectivity index (χ0v) is 13.5. The van der Waals surface area contributed by atoms with Gasteiger partial charge in [0.1, 0.15) is 11.3 Å². The highest BCUT2D eigenvalue weighted by atomic mass is 16.5. The highest BCUT2D eigenvalue weighted by Crippen LogP contribution is 2.34. The van der Waals surface area contributed by atoms with Crippen LogP contribution < -0.4 is 10.1 Å². The molecule has 3 rings (SSSR count). The van der Waals surface area contributed by atoms with Gasteiger partial charge in [-0.3, -0.25) is 4.79 Å². The Kier molecular flexibility index (Phi) is 4.65. The third-order valence-corrected chi connectivity index (χ3v) is 3.46. The molecule has 0 radical (unpaired) electrons. The van der Waals surface area contributed by atoms with Crippen LogP contribution >= 0.6 is 0 Å². The maximum Gasteiger partial charge on any atom is 0.341 e. The molecule has 0 saturated heterocycles. The molecular weight excluding hydrogens is 324 g/mol. The lowest BCUT2D eigenvalue weighted by Gasteiger charge is -2.11. The number of benzene rings is 2. The van der Waals surface area contributed by atoms with Gasteiger partial charge in [-0.15, -0.1) is 0 Å². The van der Waals surface area contributed by atoms with E-state index in [-0.39, 0.29) is 11.7 Å². The third kappa shape index (κ3) is 3.77. The SMILES string of the molecule is CCC(=O)Nc1ccc(-c2nc3ccccc3o2)c(OCC(=O)O)c1. The first kappa shape index (κ1) is 16.5. The molecular formula is C18H16N2O5. The van der Waals surface area contributed by atoms with E-state index in [1.807, 2.05) is 18.2 Å². The van der Waals surface area contributed by atoms with E-state index in [0.717, 1.165) is 0 Å². The van der Waals surface area contributed by atoms with Crippen molar-refractivity contribution in [3.05, 3.63) is 42.5 Å². The predicted molar refractivity (Wildman–Crippen MR) is 91.5 cm³/mol. The van der Waals surface area contributed by atoms with Gasteiger partial charge in [-0.25, -0.2) is 9.78 Å². The first-order valence-corrected chi connectivity index (χ1v) is 7.71. The fourth-order valence-corrected chi connectivity index (χ4v) is 2.27. The topological polar surface area (TPSA) is 102 Å². The number of para-hydroxylation sites is 2. The summed E-state index contributed by atoms with van der Waals surface area (Å²) in [4.78, 5) is 26.8. The highest BCUT2D eigenvalue weighted by molar-refractivity contribution is 5.91. The van der Waals surface area contributed by atoms with Crippen LogP contribution in [0.15, 0.2) is 46.9 Å². The number of fused-ring (bicyclic) bond motifs is 1. The monoisotopic (exact) mass is 340 g/mol. The van der Waals surface area contributed by atoms with Gasteiger partial charge in [0.05, 0.1) is 5.56 Å². The number of carbonyl (C=O) groups excluding carboxylic acids is 1. The molecule has 2 aromatic carbocycles. The zero-order chi connectivity index (χ0) is 17.8. The summed E-state index contributed by atoms with van der Waals surface area (Å²) in [6.45, 7) is 1.22. The van der Waals surface area contributed by atoms with Gasteiger partial charge < -0.3 is 19.6 Å². The average Bonchev–Trinajstić information content (AvgIpc) is 3.03. The van der Waals surface area contributed by atoms with Gasteiger partial charge in [-0.05, 0) is 24.3 Å². The molecule has 0 aliphatic carbocycles. The van der Waals surface area contributed by atoms with Crippen molar-refractivity contribution < 1.29 is 23.8 Å². The Morgan fingerprint density at radius 3 is 2.76 bits per heavy atom. The summed E-state index contributed by atoms with van der Waals surface area (Å²) in [5.74, 6) is -0.678. The lowest BCUT2D eigenvalue weighted by atomic mass is 10.1. The molecule has 1 amide bonds. The van der Waals surface area contributed by atoms with Gasteiger partial charge in [0, 0.05) is 18.2 Å². The standard InChI is InChI=1S/C18H16N2O5/c1-2-16(21)19-11-7-8-12(15(9-11)24-10-17(22)23)18-20-13-5-3-4-6-14(13)25-18/h3-9H,2,10H2,1H3,(H,19,21)(H,22,23). The number of amides is 1. The minimum Gasteiger partial charge on any atom is -0.481 e. The number of aromatic nitrogens is 1. The summed E-state index contributed by atoms with van der Waals surface area (Å²) in [5.41, 5.74) is 2.31. The van der Waals surface area contributed by atoms with Crippen molar-refractivity contribution in [1.29, 1.82) is 0 Å². The predicted octanol–water partition coefficient (Wildman–Crippen LogP) is 3.31. The molecule has 1 aromatic heterocycles. The number of nitrogens with zero attached hydrogens (tertiary/aromatic N) is 1. The molecule has 7 heteroatoms. The average molecular weight is 340 g/mol. The molecule has 0 aliphatic rings. The van der Waals surface area contributed by atoms with Crippen molar-refractivity contribution in [3.8, 4) is 17.2 Å². The third-order valence-electron chi connectivity index (χ3n) is 3.46. The number of anilines is 1. The summed E-state index contributed by atoms with van der Waals surface area (Å²) < 4.78 is 11.1. The van der Waals surface area contributed by atoms with Crippen molar-refractivity contribution in [2.24, 2.45) is 0 Å². The lowest BCUT2D eigenvalue weighted by Crippen LogP contribution is -2.12. The molecule has 0 spiro atoms. The van der Waals surface area contributed by atoms with Gasteiger partial charge in [-0.1, -0.05) is 19.1 Å². The maximum absolute atomic E-state index is 11.6. The summed E-state index contributed by atoms with van der Waals surface area (Å²) in [6, 6.07) is 12.2. The number of hydrogen-bond acceptors (Lipinski definition) is 5. The number of carbonyl (C=O) groups is 2. The van der Waals surface area contributed by atoms with Crippen LogP contribution in [0.5, 0.6) is 5.75 Å². The Bertz CT molecular complexity index is 899. The highest BCUT2D eigenvalue weighted by Gasteiger charge is 2.15. The van der Waals surface area contributed by atoms with Crippen LogP contribution in [-0.4, -0.2) is 28.6 Å². The number of ether oxygens (including phenoxy) is 1. The first-order valence-electron chi connectivity index (χ1n) is 7.71. The molecule has 7 nitrogen and oxygen atoms in total. The van der Waals surface area contributed by atoms with Crippen LogP contribution in [0.3, 0.4) is 0 Å². The number of hydrogen-bond donors (Lipinski definition) is 2. The van der Waals surface area contributed by atoms with Gasteiger partial charge in [0.25, 0.3) is 0 Å². The first-order chi connectivity index (χ1) is 12.1. The van der Waals surface area contributed by atoms with E-state index in [0.29, 0.717) is 34.7 Å². The van der Waals surface area contributed by atoms with E-state index in [2.05, 4.69) is 10.3 Å². The second-order valence-electron chi connectivity index (χ2n) is 5.28. The summed E-state index contributed by atoms with van der Waals surface area (Å²) in [6.07, 6.45) is 0.332. The summed E-state index contributed by atoms with van der Waals surface area (Å²) in [5, 5.41) is 11.6. The van der Waals surface area contributed by atoms with Crippen LogP contribution in [0.25, 0.3) is 22.6 Å². The quantitative estimate of drug-likeness (QED) is 0.714. The minimum absolute atomic E-state index is 0.154. The van der Waals surface area contributed by atoms with Gasteiger partial charge in [0.15, 0.2) is 12.2 Å². The molecule has 0 bridgehead atoms. The molecule has 0 saturated carbocycles. The molecule has 128 valence electrons. The van der Waals surface area contributed by atoms with E-state index >= 15 is 0 Å². The number of aliphatic carboxylic acids is 1. The number of rotatable bonds is 6. The van der Waals surface area contributed by atoms with Crippen molar-refractivity contribution in [2.45, 2.75) is 13.3 Å². The molecule has 2 N–H and O–H groups in total. The molecule has 0 fully saturated rings. The molecule has 0 aliphatic heterocycles. The van der Waals surface area contributed by atoms with Crippen molar-refractivity contribution >= 4 is 28.7 Å². The molecule has 1 heterocycles. The summed E-state index contributed by atoms with van der Waals surface area (Å²) >= 11 is 0. The second-order valence-corrected chi connectivity index (χ2v) is 5.28. The van der Waals surface area contributed by atoms with Crippen molar-refractivity contribution in [3.63, 3.8) is 0 Å². The smallest absolute Gasteiger partial charge is 0.341 e. The van der Waals surface area contributed by atoms with Crippen LogP contribution in [0.1, 0.15) is 13.3 Å². The number of oxazole rings is 1. The number of carboxylic acids is 1. The van der Waals surface area contributed by atoms with E-state index in [1.165, 1.54) is 0 Å². The Morgan fingerprint density at radius 2 is 2.04 bits per heavy atom. The Labute approximate surface area is 143 Å². The van der Waals surface area contributed by atoms with Gasteiger partial charge in [0.2, 0.25) is 11.8 Å². The fraction of sp³-hybridized carbons (Fsp3) is 0.167. The van der Waals surface area contributed by atoms with E-state index < -0.39 is 12.6 Å². The van der Waals surface area contributed by atoms with Crippen molar-refractivity contribution in [2.75, 3.05) is 11.9 Å². The summed E-state index contributed by atoms with van der Waals surface area (Å²) in [7, 11) is 0. The minimum atomic E-state index is -1.11. The lowest BCUT2D eigenvalue weighted by molar-refractivity contribution is -0.139. The van der Waals surface area contributed by atoms with E-state index in [4.69, 9.17) is 14.3 Å². The molecule has 0 unspecified atom stereocenters. The van der Waals surface area contributed by atoms with E-state index in [1.54, 1.807) is 31.2 Å². The number of nitrogens with one attached hydrogen (secondary N) is 1. The molecule has 3 aromatic rings. The van der Waals surface area contributed by atoms with Crippen molar-refractivity contribution in [1.82, 2.24) is 4.98 Å². The van der Waals surface area contributed by atoms with Gasteiger partial charge >= 0.3 is 5.97 Å². The largest absolute Gasteiger partial charge is 0.481 e. The molecule has 0 atom stereocenters. The van der Waals surface area contributed by atoms with E-state index in [9.17, 15) is 9.59 Å². The van der Waals surface area contributed by atoms with Crippen LogP contribution in [-0.2, 0) is 9.59 Å². The number of carboxylic acid groups (broad SMARTS) is 1. The van der Waals surface area contributed by atoms with Crippen LogP contribution in [0.4, 0.5) is 5.69 Å².